The van der Waals surface area contributed by atoms with Crippen LogP contribution >= 0.6 is 12.4 Å². The summed E-state index contributed by atoms with van der Waals surface area (Å²) in [5.41, 5.74) is 2.73. The van der Waals surface area contributed by atoms with Gasteiger partial charge < -0.3 is 9.84 Å². The predicted octanol–water partition coefficient (Wildman–Crippen LogP) is 3.25. The molecule has 4 aromatic rings. The number of nitrogens with zero attached hydrogens (tertiary/aromatic N) is 4. The predicted molar refractivity (Wildman–Crippen MR) is 130 cm³/mol. The van der Waals surface area contributed by atoms with Crippen LogP contribution in [0.15, 0.2) is 77.9 Å². The number of benzene rings is 2. The standard InChI is InChI=1S/C25H26N4O3.ClH/c30-22-8-10-27(17-22)12-13-29-24-7-6-21(14-20(24)16-26-29)28-11-9-23(15-25(28)31)32-18-19-4-2-1-3-5-19;/h1-7,9,11,14-16,22,30H,8,10,12-13,17-18H2;1H/t22-;/m1./s1. The minimum atomic E-state index is -0.208. The van der Waals surface area contributed by atoms with Gasteiger partial charge in [-0.25, -0.2) is 0 Å². The van der Waals surface area contributed by atoms with Gasteiger partial charge in [-0.1, -0.05) is 30.3 Å². The van der Waals surface area contributed by atoms with Gasteiger partial charge in [0, 0.05) is 43.0 Å². The van der Waals surface area contributed by atoms with Crippen LogP contribution in [0.5, 0.6) is 5.75 Å². The molecule has 2 aromatic carbocycles. The number of likely N-dealkylation sites (tertiary alicyclic amines) is 1. The van der Waals surface area contributed by atoms with Gasteiger partial charge in [-0.05, 0) is 36.2 Å². The van der Waals surface area contributed by atoms with Gasteiger partial charge in [-0.2, -0.15) is 5.10 Å². The van der Waals surface area contributed by atoms with Crippen molar-refractivity contribution in [3.63, 3.8) is 0 Å². The first-order valence-electron chi connectivity index (χ1n) is 10.9. The summed E-state index contributed by atoms with van der Waals surface area (Å²) >= 11 is 0. The van der Waals surface area contributed by atoms with Crippen molar-refractivity contribution in [3.8, 4) is 11.4 Å². The van der Waals surface area contributed by atoms with Gasteiger partial charge in [-0.15, -0.1) is 12.4 Å². The average Bonchev–Trinajstić information content (AvgIpc) is 3.42. The molecule has 1 N–H and O–H groups in total. The highest BCUT2D eigenvalue weighted by Crippen LogP contribution is 2.19. The molecular weight excluding hydrogens is 440 g/mol. The summed E-state index contributed by atoms with van der Waals surface area (Å²) in [5, 5.41) is 15.2. The lowest BCUT2D eigenvalue weighted by Crippen LogP contribution is -2.26. The number of halogens is 1. The molecule has 172 valence electrons. The maximum atomic E-state index is 12.7. The van der Waals surface area contributed by atoms with Crippen molar-refractivity contribution < 1.29 is 9.84 Å². The third kappa shape index (κ3) is 5.27. The van der Waals surface area contributed by atoms with Crippen LogP contribution in [0.1, 0.15) is 12.0 Å². The Kier molecular flexibility index (Phi) is 7.13. The second-order valence-electron chi connectivity index (χ2n) is 8.20. The molecule has 0 bridgehead atoms. The van der Waals surface area contributed by atoms with Crippen molar-refractivity contribution in [3.05, 3.63) is 89.0 Å². The molecule has 1 saturated heterocycles. The zero-order chi connectivity index (χ0) is 21.9. The van der Waals surface area contributed by atoms with Gasteiger partial charge in [0.25, 0.3) is 5.56 Å². The first-order valence-corrected chi connectivity index (χ1v) is 10.9. The molecule has 0 unspecified atom stereocenters. The third-order valence-electron chi connectivity index (χ3n) is 5.92. The number of aliphatic hydroxyl groups is 1. The van der Waals surface area contributed by atoms with Crippen molar-refractivity contribution in [1.82, 2.24) is 19.2 Å². The van der Waals surface area contributed by atoms with E-state index in [1.54, 1.807) is 10.8 Å². The Morgan fingerprint density at radius 2 is 1.91 bits per heavy atom. The van der Waals surface area contributed by atoms with Crippen LogP contribution in [-0.2, 0) is 13.2 Å². The zero-order valence-electron chi connectivity index (χ0n) is 18.2. The first kappa shape index (κ1) is 23.0. The second-order valence-corrected chi connectivity index (χ2v) is 8.20. The highest BCUT2D eigenvalue weighted by molar-refractivity contribution is 5.85. The van der Waals surface area contributed by atoms with Crippen LogP contribution < -0.4 is 10.3 Å². The molecule has 33 heavy (non-hydrogen) atoms. The second kappa shape index (κ2) is 10.2. The Bertz CT molecular complexity index is 1270. The number of hydrogen-bond acceptors (Lipinski definition) is 5. The fraction of sp³-hybridized carbons (Fsp3) is 0.280. The number of hydrogen-bond donors (Lipinski definition) is 1. The number of rotatable bonds is 7. The van der Waals surface area contributed by atoms with Crippen LogP contribution in [-0.4, -0.2) is 50.1 Å². The molecule has 0 saturated carbocycles. The van der Waals surface area contributed by atoms with Gasteiger partial charge in [0.2, 0.25) is 0 Å². The summed E-state index contributed by atoms with van der Waals surface area (Å²) in [6.45, 7) is 3.71. The first-order chi connectivity index (χ1) is 15.7. The lowest BCUT2D eigenvalue weighted by molar-refractivity contribution is 0.175. The molecule has 1 aliphatic rings. The van der Waals surface area contributed by atoms with Crippen LogP contribution in [0.25, 0.3) is 16.6 Å². The van der Waals surface area contributed by atoms with Crippen molar-refractivity contribution in [1.29, 1.82) is 0 Å². The maximum Gasteiger partial charge on any atom is 0.258 e. The lowest BCUT2D eigenvalue weighted by Gasteiger charge is -2.15. The molecule has 5 rings (SSSR count). The summed E-state index contributed by atoms with van der Waals surface area (Å²) in [6, 6.07) is 19.1. The molecule has 8 heteroatoms. The highest BCUT2D eigenvalue weighted by Gasteiger charge is 2.19. The number of aromatic nitrogens is 3. The summed E-state index contributed by atoms with van der Waals surface area (Å²) in [5.74, 6) is 0.552. The van der Waals surface area contributed by atoms with E-state index >= 15 is 0 Å². The van der Waals surface area contributed by atoms with Gasteiger partial charge >= 0.3 is 0 Å². The van der Waals surface area contributed by atoms with E-state index in [2.05, 4.69) is 10.00 Å². The van der Waals surface area contributed by atoms with Crippen molar-refractivity contribution in [2.24, 2.45) is 0 Å². The summed E-state index contributed by atoms with van der Waals surface area (Å²) in [7, 11) is 0. The molecule has 0 amide bonds. The smallest absolute Gasteiger partial charge is 0.258 e. The van der Waals surface area contributed by atoms with Gasteiger partial charge in [0.1, 0.15) is 12.4 Å². The Hall–Kier alpha value is -3.13. The van der Waals surface area contributed by atoms with E-state index in [1.165, 1.54) is 6.07 Å². The van der Waals surface area contributed by atoms with Crippen molar-refractivity contribution >= 4 is 23.3 Å². The minimum absolute atomic E-state index is 0. The van der Waals surface area contributed by atoms with E-state index in [0.29, 0.717) is 12.4 Å². The number of fused-ring (bicyclic) bond motifs is 1. The fourth-order valence-electron chi connectivity index (χ4n) is 4.16. The molecule has 1 atom stereocenters. The number of β-amino-alcohol motifs (C(OH)–C–C–N with tert-alkyl or cyclic N) is 1. The molecule has 7 nitrogen and oxygen atoms in total. The van der Waals surface area contributed by atoms with E-state index in [0.717, 1.165) is 54.8 Å². The van der Waals surface area contributed by atoms with Gasteiger partial charge in [0.15, 0.2) is 0 Å². The van der Waals surface area contributed by atoms with Gasteiger partial charge in [0.05, 0.1) is 24.4 Å². The molecule has 0 radical (unpaired) electrons. The summed E-state index contributed by atoms with van der Waals surface area (Å²) < 4.78 is 9.35. The molecule has 1 fully saturated rings. The number of ether oxygens (including phenoxy) is 1. The van der Waals surface area contributed by atoms with Gasteiger partial charge in [-0.3, -0.25) is 18.9 Å². The maximum absolute atomic E-state index is 12.7. The Labute approximate surface area is 198 Å². The van der Waals surface area contributed by atoms with Crippen LogP contribution in [0, 0.1) is 0 Å². The van der Waals surface area contributed by atoms with Crippen LogP contribution in [0.4, 0.5) is 0 Å². The SMILES string of the molecule is Cl.O=c1cc(OCc2ccccc2)ccn1-c1ccc2c(cnn2CCN2CC[C@@H](O)C2)c1. The monoisotopic (exact) mass is 466 g/mol. The molecular formula is C25H27ClN4O3. The number of aliphatic hydroxyl groups excluding tert-OH is 1. The normalized spacial score (nSPS) is 16.1. The highest BCUT2D eigenvalue weighted by atomic mass is 35.5. The molecule has 3 heterocycles. The van der Waals surface area contributed by atoms with E-state index in [-0.39, 0.29) is 24.1 Å². The molecule has 1 aliphatic heterocycles. The van der Waals surface area contributed by atoms with Crippen molar-refractivity contribution in [2.75, 3.05) is 19.6 Å². The third-order valence-corrected chi connectivity index (χ3v) is 5.92. The zero-order valence-corrected chi connectivity index (χ0v) is 19.0. The van der Waals surface area contributed by atoms with E-state index in [4.69, 9.17) is 4.74 Å². The molecule has 0 aliphatic carbocycles. The number of pyridine rings is 1. The topological polar surface area (TPSA) is 72.5 Å². The Morgan fingerprint density at radius 1 is 1.06 bits per heavy atom. The van der Waals surface area contributed by atoms with E-state index in [9.17, 15) is 9.90 Å². The van der Waals surface area contributed by atoms with Crippen LogP contribution in [0.3, 0.4) is 0 Å². The largest absolute Gasteiger partial charge is 0.489 e. The Morgan fingerprint density at radius 3 is 2.67 bits per heavy atom. The summed E-state index contributed by atoms with van der Waals surface area (Å²) in [6.07, 6.45) is 4.21. The van der Waals surface area contributed by atoms with E-state index in [1.807, 2.05) is 65.5 Å². The average molecular weight is 467 g/mol. The minimum Gasteiger partial charge on any atom is -0.489 e. The fourth-order valence-corrected chi connectivity index (χ4v) is 4.16. The molecule has 2 aromatic heterocycles. The van der Waals surface area contributed by atoms with Crippen LogP contribution in [0.2, 0.25) is 0 Å². The lowest BCUT2D eigenvalue weighted by atomic mass is 10.2. The molecule has 0 spiro atoms. The quantitative estimate of drug-likeness (QED) is 0.452. The van der Waals surface area contributed by atoms with E-state index < -0.39 is 0 Å². The van der Waals surface area contributed by atoms with Crippen molar-refractivity contribution in [2.45, 2.75) is 25.7 Å². The Balaban J connectivity index is 0.00000259. The summed E-state index contributed by atoms with van der Waals surface area (Å²) in [4.78, 5) is 15.0.